The highest BCUT2D eigenvalue weighted by atomic mass is 16.1. The quantitative estimate of drug-likeness (QED) is 0.882. The van der Waals surface area contributed by atoms with Crippen LogP contribution in [0.2, 0.25) is 0 Å². The molecule has 0 aliphatic heterocycles. The number of hydrogen-bond donors (Lipinski definition) is 2. The fourth-order valence-electron chi connectivity index (χ4n) is 1.59. The minimum atomic E-state index is -0.00460. The first-order valence-electron chi connectivity index (χ1n) is 6.13. The third-order valence-corrected chi connectivity index (χ3v) is 2.54. The van der Waals surface area contributed by atoms with Gasteiger partial charge in [-0.05, 0) is 25.1 Å². The summed E-state index contributed by atoms with van der Waals surface area (Å²) in [6, 6.07) is 9.37. The van der Waals surface area contributed by atoms with Crippen molar-refractivity contribution in [2.24, 2.45) is 0 Å². The Labute approximate surface area is 112 Å². The van der Waals surface area contributed by atoms with Gasteiger partial charge in [-0.1, -0.05) is 13.0 Å². The first kappa shape index (κ1) is 13.0. The normalized spacial score (nSPS) is 10.0. The van der Waals surface area contributed by atoms with Crippen LogP contribution in [0.5, 0.6) is 0 Å². The van der Waals surface area contributed by atoms with E-state index in [4.69, 9.17) is 0 Å². The summed E-state index contributed by atoms with van der Waals surface area (Å²) in [7, 11) is 0. The lowest BCUT2D eigenvalue weighted by molar-refractivity contribution is -0.115. The molecule has 0 aliphatic carbocycles. The van der Waals surface area contributed by atoms with E-state index in [1.807, 2.05) is 44.2 Å². The van der Waals surface area contributed by atoms with Gasteiger partial charge in [-0.2, -0.15) is 0 Å². The summed E-state index contributed by atoms with van der Waals surface area (Å²) >= 11 is 0. The van der Waals surface area contributed by atoms with Gasteiger partial charge in [-0.25, -0.2) is 9.97 Å². The Hall–Kier alpha value is -2.43. The first-order valence-corrected chi connectivity index (χ1v) is 6.13. The molecule has 1 heterocycles. The molecule has 5 nitrogen and oxygen atoms in total. The van der Waals surface area contributed by atoms with E-state index in [0.717, 1.165) is 22.9 Å². The molecular formula is C14H16N4O. The molecule has 0 radical (unpaired) electrons. The first-order chi connectivity index (χ1) is 9.17. The van der Waals surface area contributed by atoms with Gasteiger partial charge in [0.2, 0.25) is 5.91 Å². The number of benzene rings is 1. The van der Waals surface area contributed by atoms with Crippen LogP contribution in [0.25, 0.3) is 0 Å². The molecule has 0 atom stereocenters. The fourth-order valence-corrected chi connectivity index (χ4v) is 1.59. The lowest BCUT2D eigenvalue weighted by atomic mass is 10.2. The van der Waals surface area contributed by atoms with Crippen molar-refractivity contribution in [3.05, 3.63) is 42.4 Å². The zero-order chi connectivity index (χ0) is 13.7. The minimum Gasteiger partial charge on any atom is -0.340 e. The predicted octanol–water partition coefficient (Wildman–Crippen LogP) is 2.88. The number of carbonyl (C=O) groups is 1. The second kappa shape index (κ2) is 5.95. The zero-order valence-corrected chi connectivity index (χ0v) is 11.0. The largest absolute Gasteiger partial charge is 0.340 e. The molecule has 1 aromatic carbocycles. The molecule has 0 aliphatic rings. The van der Waals surface area contributed by atoms with Crippen LogP contribution in [-0.2, 0) is 4.79 Å². The summed E-state index contributed by atoms with van der Waals surface area (Å²) in [6.45, 7) is 3.73. The van der Waals surface area contributed by atoms with Crippen LogP contribution in [0.4, 0.5) is 17.2 Å². The molecule has 19 heavy (non-hydrogen) atoms. The second-order valence-corrected chi connectivity index (χ2v) is 4.15. The summed E-state index contributed by atoms with van der Waals surface area (Å²) < 4.78 is 0. The van der Waals surface area contributed by atoms with Crippen molar-refractivity contribution in [2.45, 2.75) is 20.3 Å². The number of nitrogens with one attached hydrogen (secondary N) is 2. The summed E-state index contributed by atoms with van der Waals surface area (Å²) in [5, 5.41) is 5.99. The third kappa shape index (κ3) is 3.77. The third-order valence-electron chi connectivity index (χ3n) is 2.54. The van der Waals surface area contributed by atoms with Crippen LogP contribution in [0, 0.1) is 6.92 Å². The maximum atomic E-state index is 11.3. The number of aromatic nitrogens is 2. The van der Waals surface area contributed by atoms with Gasteiger partial charge in [0.05, 0.1) is 0 Å². The van der Waals surface area contributed by atoms with Crippen molar-refractivity contribution >= 4 is 23.1 Å². The summed E-state index contributed by atoms with van der Waals surface area (Å²) in [5.74, 6) is 0.724. The van der Waals surface area contributed by atoms with E-state index < -0.39 is 0 Å². The van der Waals surface area contributed by atoms with E-state index >= 15 is 0 Å². The highest BCUT2D eigenvalue weighted by Crippen LogP contribution is 2.19. The molecule has 0 spiro atoms. The summed E-state index contributed by atoms with van der Waals surface area (Å²) in [4.78, 5) is 19.5. The molecule has 0 saturated heterocycles. The highest BCUT2D eigenvalue weighted by Gasteiger charge is 2.01. The van der Waals surface area contributed by atoms with Crippen LogP contribution in [-0.4, -0.2) is 15.9 Å². The molecule has 0 bridgehead atoms. The molecule has 1 amide bonds. The minimum absolute atomic E-state index is 0.00460. The topological polar surface area (TPSA) is 66.9 Å². The predicted molar refractivity (Wildman–Crippen MR) is 75.4 cm³/mol. The van der Waals surface area contributed by atoms with Crippen molar-refractivity contribution in [2.75, 3.05) is 10.6 Å². The number of nitrogens with zero attached hydrogens (tertiary/aromatic N) is 2. The molecule has 0 fully saturated rings. The number of anilines is 3. The molecule has 2 aromatic rings. The molecule has 5 heteroatoms. The van der Waals surface area contributed by atoms with E-state index in [1.54, 1.807) is 0 Å². The summed E-state index contributed by atoms with van der Waals surface area (Å²) in [6.07, 6.45) is 1.98. The van der Waals surface area contributed by atoms with E-state index in [0.29, 0.717) is 6.42 Å². The van der Waals surface area contributed by atoms with Crippen molar-refractivity contribution in [1.29, 1.82) is 0 Å². The number of aryl methyl sites for hydroxylation is 1. The van der Waals surface area contributed by atoms with E-state index in [2.05, 4.69) is 20.6 Å². The molecule has 98 valence electrons. The monoisotopic (exact) mass is 256 g/mol. The van der Waals surface area contributed by atoms with Gasteiger partial charge in [0, 0.05) is 29.6 Å². The Kier molecular flexibility index (Phi) is 4.07. The van der Waals surface area contributed by atoms with Gasteiger partial charge < -0.3 is 10.6 Å². The smallest absolute Gasteiger partial charge is 0.224 e. The van der Waals surface area contributed by atoms with Gasteiger partial charge in [0.25, 0.3) is 0 Å². The Morgan fingerprint density at radius 1 is 1.21 bits per heavy atom. The van der Waals surface area contributed by atoms with Gasteiger partial charge in [0.15, 0.2) is 0 Å². The number of rotatable bonds is 4. The second-order valence-electron chi connectivity index (χ2n) is 4.15. The molecule has 1 aromatic heterocycles. The molecule has 0 saturated carbocycles. The standard InChI is InChI=1S/C14H16N4O/c1-3-14(19)18-12-6-4-5-11(8-12)17-13-7-10(2)15-9-16-13/h4-9H,3H2,1-2H3,(H,18,19)(H,15,16,17). The number of amides is 1. The van der Waals surface area contributed by atoms with Crippen molar-refractivity contribution < 1.29 is 4.79 Å². The lowest BCUT2D eigenvalue weighted by Crippen LogP contribution is -2.09. The fraction of sp³-hybridized carbons (Fsp3) is 0.214. The molecule has 0 unspecified atom stereocenters. The molecule has 2 rings (SSSR count). The van der Waals surface area contributed by atoms with Gasteiger partial charge in [-0.15, -0.1) is 0 Å². The average molecular weight is 256 g/mol. The van der Waals surface area contributed by atoms with Crippen LogP contribution in [0.3, 0.4) is 0 Å². The van der Waals surface area contributed by atoms with Crippen LogP contribution >= 0.6 is 0 Å². The Bertz CT molecular complexity index is 583. The Balaban J connectivity index is 2.13. The van der Waals surface area contributed by atoms with Crippen LogP contribution in [0.1, 0.15) is 19.0 Å². The number of carbonyl (C=O) groups excluding carboxylic acids is 1. The SMILES string of the molecule is CCC(=O)Nc1cccc(Nc2cc(C)ncn2)c1. The lowest BCUT2D eigenvalue weighted by Gasteiger charge is -2.08. The van der Waals surface area contributed by atoms with E-state index in [-0.39, 0.29) is 5.91 Å². The average Bonchev–Trinajstić information content (AvgIpc) is 2.39. The maximum absolute atomic E-state index is 11.3. The van der Waals surface area contributed by atoms with Crippen molar-refractivity contribution in [3.63, 3.8) is 0 Å². The zero-order valence-electron chi connectivity index (χ0n) is 11.0. The van der Waals surface area contributed by atoms with Crippen LogP contribution in [0.15, 0.2) is 36.7 Å². The van der Waals surface area contributed by atoms with Gasteiger partial charge in [0.1, 0.15) is 12.1 Å². The Morgan fingerprint density at radius 3 is 2.74 bits per heavy atom. The number of hydrogen-bond acceptors (Lipinski definition) is 4. The highest BCUT2D eigenvalue weighted by molar-refractivity contribution is 5.91. The van der Waals surface area contributed by atoms with Crippen LogP contribution < -0.4 is 10.6 Å². The van der Waals surface area contributed by atoms with Crippen molar-refractivity contribution in [3.8, 4) is 0 Å². The molecular weight excluding hydrogens is 240 g/mol. The summed E-state index contributed by atoms with van der Waals surface area (Å²) in [5.41, 5.74) is 2.53. The van der Waals surface area contributed by atoms with E-state index in [1.165, 1.54) is 6.33 Å². The molecule has 2 N–H and O–H groups in total. The van der Waals surface area contributed by atoms with E-state index in [9.17, 15) is 4.79 Å². The van der Waals surface area contributed by atoms with Gasteiger partial charge >= 0.3 is 0 Å². The maximum Gasteiger partial charge on any atom is 0.224 e. The Morgan fingerprint density at radius 2 is 2.00 bits per heavy atom. The van der Waals surface area contributed by atoms with Crippen molar-refractivity contribution in [1.82, 2.24) is 9.97 Å². The van der Waals surface area contributed by atoms with Gasteiger partial charge in [-0.3, -0.25) is 4.79 Å².